The van der Waals surface area contributed by atoms with E-state index in [1.54, 1.807) is 0 Å². The Morgan fingerprint density at radius 1 is 0.228 bits per heavy atom. The van der Waals surface area contributed by atoms with Crippen LogP contribution in [0.5, 0.6) is 0 Å². The average Bonchev–Trinajstić information content (AvgIpc) is 1.58. The second kappa shape index (κ2) is 21.3. The van der Waals surface area contributed by atoms with Gasteiger partial charge in [0.15, 0.2) is 23.3 Å². The predicted molar refractivity (Wildman–Crippen MR) is 377 cm³/mol. The third kappa shape index (κ3) is 8.48. The summed E-state index contributed by atoms with van der Waals surface area (Å²) in [4.78, 5) is 32.3. The minimum absolute atomic E-state index is 0.533. The fourth-order valence-corrected chi connectivity index (χ4v) is 14.0. The molecule has 0 aliphatic heterocycles. The quantitative estimate of drug-likeness (QED) is 0.128. The number of hydrogen-bond donors (Lipinski definition) is 0. The Balaban J connectivity index is 0.786. The van der Waals surface area contributed by atoms with Gasteiger partial charge in [-0.1, -0.05) is 214 Å². The van der Waals surface area contributed by atoms with Crippen LogP contribution in [0.15, 0.2) is 279 Å². The van der Waals surface area contributed by atoms with E-state index in [1.807, 2.05) is 36.4 Å². The van der Waals surface area contributed by atoms with Crippen molar-refractivity contribution < 1.29 is 0 Å². The molecule has 434 valence electrons. The lowest BCUT2D eigenvalue weighted by Gasteiger charge is -2.14. The summed E-state index contributed by atoms with van der Waals surface area (Å²) in [6.45, 7) is 4.44. The molecule has 0 bridgehead atoms. The van der Waals surface area contributed by atoms with Gasteiger partial charge in [0.05, 0.1) is 44.1 Å². The number of benzene rings is 12. The lowest BCUT2D eigenvalue weighted by Crippen LogP contribution is -2.07. The molecule has 92 heavy (non-hydrogen) atoms. The Labute approximate surface area is 529 Å². The molecule has 0 N–H and O–H groups in total. The molecule has 10 heteroatoms. The molecule has 10 nitrogen and oxygen atoms in total. The van der Waals surface area contributed by atoms with Crippen molar-refractivity contribution in [3.8, 4) is 79.9 Å². The van der Waals surface area contributed by atoms with Crippen molar-refractivity contribution in [3.63, 3.8) is 0 Å². The van der Waals surface area contributed by atoms with Crippen molar-refractivity contribution in [1.29, 1.82) is 0 Å². The Bertz CT molecular complexity index is 5940. The van der Waals surface area contributed by atoms with Gasteiger partial charge in [-0.3, -0.25) is 9.13 Å². The summed E-state index contributed by atoms with van der Waals surface area (Å²) < 4.78 is 9.28. The van der Waals surface area contributed by atoms with E-state index in [1.165, 1.54) is 32.7 Å². The number of hydrogen-bond acceptors (Lipinski definition) is 6. The van der Waals surface area contributed by atoms with Crippen LogP contribution in [0.2, 0.25) is 0 Å². The molecule has 0 saturated heterocycles. The first-order valence-corrected chi connectivity index (χ1v) is 31.5. The highest BCUT2D eigenvalue weighted by atomic mass is 15.2. The number of fused-ring (bicyclic) bond motifs is 13. The summed E-state index contributed by atoms with van der Waals surface area (Å²) in [6, 6.07) is 99.0. The lowest BCUT2D eigenvalue weighted by molar-refractivity contribution is 0.953. The SMILES string of the molecule is CCc1ccc2c(c1)c1ccc3c4cc(CC)ccc4n(-c4nc(-c5ccccc5)nc(-c5cccc(-c6ccc(-c7nc(-c8ccccc8)nc(-n8c9ccccc9c9cc%10c%11ccccc%11n(-c%11ccccc%11)c%10cc98)n7)cc6)c5)n4)c3c1n2-c1ccccc1. The predicted octanol–water partition coefficient (Wildman–Crippen LogP) is 19.9. The minimum atomic E-state index is 0.533. The Morgan fingerprint density at radius 3 is 1.17 bits per heavy atom. The third-order valence-corrected chi connectivity index (χ3v) is 18.4. The molecule has 6 aromatic heterocycles. The lowest BCUT2D eigenvalue weighted by atomic mass is 10.0. The molecular weight excluding hydrogens is 1120 g/mol. The zero-order chi connectivity index (χ0) is 61.0. The summed E-state index contributed by atoms with van der Waals surface area (Å²) in [5.74, 6) is 3.36. The molecule has 0 atom stereocenters. The normalized spacial score (nSPS) is 11.9. The van der Waals surface area contributed by atoms with Crippen LogP contribution in [0, 0.1) is 0 Å². The van der Waals surface area contributed by atoms with E-state index in [4.69, 9.17) is 29.9 Å². The number of para-hydroxylation sites is 4. The van der Waals surface area contributed by atoms with Crippen LogP contribution < -0.4 is 0 Å². The van der Waals surface area contributed by atoms with Crippen LogP contribution in [0.3, 0.4) is 0 Å². The van der Waals surface area contributed by atoms with E-state index in [0.29, 0.717) is 35.2 Å². The van der Waals surface area contributed by atoms with Gasteiger partial charge in [-0.25, -0.2) is 9.97 Å². The second-order valence-corrected chi connectivity index (χ2v) is 23.7. The maximum absolute atomic E-state index is 5.54. The van der Waals surface area contributed by atoms with Crippen molar-refractivity contribution in [3.05, 3.63) is 290 Å². The van der Waals surface area contributed by atoms with E-state index in [9.17, 15) is 0 Å². The molecule has 6 heterocycles. The standard InChI is InChI=1S/C82H56N10/c1-3-51-36-44-71-65(46-51)63-42-43-64-66-47-52(4-2)37-45-72(66)92(76(64)75(63)90(71)60-30-15-8-16-31-60)82-87-78(55-24-11-6-12-25-55)84-80(88-82)58-27-21-26-57(48-58)53-38-40-56(41-39-53)79-83-77(54-22-9-5-10-23-54)85-81(86-79)91-70-35-20-18-33-62(70)68-49-67-61-32-17-19-34-69(61)89(73(67)50-74(68)91)59-28-13-7-14-29-59/h5-50H,3-4H2,1-2H3. The van der Waals surface area contributed by atoms with Crippen LogP contribution in [-0.4, -0.2) is 48.2 Å². The van der Waals surface area contributed by atoms with E-state index >= 15 is 0 Å². The minimum Gasteiger partial charge on any atom is -0.309 e. The molecule has 18 aromatic rings. The molecule has 12 aromatic carbocycles. The number of aromatic nitrogens is 10. The summed E-state index contributed by atoms with van der Waals surface area (Å²) in [6.07, 6.45) is 1.85. The number of nitrogens with zero attached hydrogens (tertiary/aromatic N) is 10. The summed E-state index contributed by atoms with van der Waals surface area (Å²) in [5.41, 5.74) is 18.8. The highest BCUT2D eigenvalue weighted by molar-refractivity contribution is 6.24. The van der Waals surface area contributed by atoms with E-state index < -0.39 is 0 Å². The van der Waals surface area contributed by atoms with Gasteiger partial charge in [0, 0.05) is 76.7 Å². The Hall–Kier alpha value is -12.1. The van der Waals surface area contributed by atoms with Crippen molar-refractivity contribution >= 4 is 87.2 Å². The first kappa shape index (κ1) is 52.9. The number of rotatable bonds is 11. The van der Waals surface area contributed by atoms with Crippen molar-refractivity contribution in [1.82, 2.24) is 48.2 Å². The second-order valence-electron chi connectivity index (χ2n) is 23.7. The van der Waals surface area contributed by atoms with Gasteiger partial charge in [-0.15, -0.1) is 0 Å². The first-order valence-electron chi connectivity index (χ1n) is 31.5. The maximum atomic E-state index is 5.54. The molecule has 0 unspecified atom stereocenters. The Kier molecular flexibility index (Phi) is 12.2. The number of aryl methyl sites for hydroxylation is 2. The highest BCUT2D eigenvalue weighted by Gasteiger charge is 2.26. The molecule has 0 amide bonds. The molecule has 0 saturated carbocycles. The summed E-state index contributed by atoms with van der Waals surface area (Å²) >= 11 is 0. The van der Waals surface area contributed by atoms with Gasteiger partial charge in [0.1, 0.15) is 0 Å². The summed E-state index contributed by atoms with van der Waals surface area (Å²) in [7, 11) is 0. The van der Waals surface area contributed by atoms with Crippen LogP contribution in [0.1, 0.15) is 25.0 Å². The molecule has 18 rings (SSSR count). The zero-order valence-electron chi connectivity index (χ0n) is 50.4. The van der Waals surface area contributed by atoms with Gasteiger partial charge in [0.25, 0.3) is 0 Å². The molecular formula is C82H56N10. The van der Waals surface area contributed by atoms with Gasteiger partial charge in [-0.2, -0.15) is 19.9 Å². The van der Waals surface area contributed by atoms with Crippen LogP contribution >= 0.6 is 0 Å². The van der Waals surface area contributed by atoms with Crippen molar-refractivity contribution in [2.45, 2.75) is 26.7 Å². The van der Waals surface area contributed by atoms with Crippen molar-refractivity contribution in [2.75, 3.05) is 0 Å². The van der Waals surface area contributed by atoms with Crippen molar-refractivity contribution in [2.24, 2.45) is 0 Å². The fraction of sp³-hybridized carbons (Fsp3) is 0.0488. The largest absolute Gasteiger partial charge is 0.309 e. The highest BCUT2D eigenvalue weighted by Crippen LogP contribution is 2.44. The topological polar surface area (TPSA) is 97.1 Å². The third-order valence-electron chi connectivity index (χ3n) is 18.4. The van der Waals surface area contributed by atoms with Crippen LogP contribution in [0.4, 0.5) is 0 Å². The van der Waals surface area contributed by atoms with Gasteiger partial charge in [0.2, 0.25) is 11.9 Å². The molecule has 0 aliphatic carbocycles. The van der Waals surface area contributed by atoms with E-state index in [0.717, 1.165) is 123 Å². The summed E-state index contributed by atoms with van der Waals surface area (Å²) in [5, 5.41) is 9.28. The van der Waals surface area contributed by atoms with Gasteiger partial charge >= 0.3 is 0 Å². The average molecular weight is 1180 g/mol. The monoisotopic (exact) mass is 1180 g/mol. The molecule has 0 spiro atoms. The smallest absolute Gasteiger partial charge is 0.238 e. The van der Waals surface area contributed by atoms with Crippen LogP contribution in [-0.2, 0) is 12.8 Å². The first-order chi connectivity index (χ1) is 45.5. The van der Waals surface area contributed by atoms with Gasteiger partial charge < -0.3 is 9.13 Å². The van der Waals surface area contributed by atoms with Crippen LogP contribution in [0.25, 0.3) is 167 Å². The molecule has 0 radical (unpaired) electrons. The zero-order valence-corrected chi connectivity index (χ0v) is 50.4. The van der Waals surface area contributed by atoms with E-state index in [-0.39, 0.29) is 0 Å². The van der Waals surface area contributed by atoms with E-state index in [2.05, 4.69) is 275 Å². The maximum Gasteiger partial charge on any atom is 0.238 e. The fourth-order valence-electron chi connectivity index (χ4n) is 14.0. The molecule has 0 fully saturated rings. The Morgan fingerprint density at radius 2 is 0.620 bits per heavy atom. The van der Waals surface area contributed by atoms with Gasteiger partial charge in [-0.05, 0) is 114 Å². The molecule has 0 aliphatic rings.